The Hall–Kier alpha value is -0.0800. The van der Waals surface area contributed by atoms with E-state index in [1.165, 1.54) is 25.7 Å². The van der Waals surface area contributed by atoms with E-state index in [2.05, 4.69) is 19.2 Å². The van der Waals surface area contributed by atoms with Gasteiger partial charge in [-0.1, -0.05) is 13.8 Å². The lowest BCUT2D eigenvalue weighted by atomic mass is 9.77. The number of rotatable bonds is 1. The molecule has 2 atom stereocenters. The lowest BCUT2D eigenvalue weighted by molar-refractivity contribution is -0.0602. The van der Waals surface area contributed by atoms with Gasteiger partial charge in [-0.3, -0.25) is 5.32 Å². The van der Waals surface area contributed by atoms with E-state index in [0.29, 0.717) is 0 Å². The van der Waals surface area contributed by atoms with Crippen LogP contribution in [0.3, 0.4) is 0 Å². The monoisotopic (exact) mass is 183 g/mol. The molecule has 2 aliphatic rings. The van der Waals surface area contributed by atoms with Crippen molar-refractivity contribution in [2.75, 3.05) is 13.2 Å². The zero-order valence-electron chi connectivity index (χ0n) is 8.81. The molecule has 0 aromatic carbocycles. The molecule has 1 heterocycles. The van der Waals surface area contributed by atoms with Crippen LogP contribution in [-0.2, 0) is 4.74 Å². The summed E-state index contributed by atoms with van der Waals surface area (Å²) >= 11 is 0. The molecule has 76 valence electrons. The van der Waals surface area contributed by atoms with Gasteiger partial charge in [-0.2, -0.15) is 0 Å². The van der Waals surface area contributed by atoms with E-state index in [0.717, 1.165) is 25.0 Å². The largest absolute Gasteiger partial charge is 0.359 e. The smallest absolute Gasteiger partial charge is 0.119 e. The van der Waals surface area contributed by atoms with E-state index in [9.17, 15) is 0 Å². The second-order valence-corrected chi connectivity index (χ2v) is 4.87. The second-order valence-electron chi connectivity index (χ2n) is 4.87. The van der Waals surface area contributed by atoms with Gasteiger partial charge >= 0.3 is 0 Å². The van der Waals surface area contributed by atoms with Crippen molar-refractivity contribution in [2.45, 2.75) is 45.3 Å². The highest BCUT2D eigenvalue weighted by molar-refractivity contribution is 4.89. The maximum absolute atomic E-state index is 5.85. The molecule has 1 saturated carbocycles. The van der Waals surface area contributed by atoms with Gasteiger partial charge < -0.3 is 4.74 Å². The molecule has 2 unspecified atom stereocenters. The molecule has 0 aromatic rings. The first kappa shape index (κ1) is 9.47. The lowest BCUT2D eigenvalue weighted by Crippen LogP contribution is -2.46. The molecule has 2 rings (SSSR count). The Morgan fingerprint density at radius 1 is 1.46 bits per heavy atom. The van der Waals surface area contributed by atoms with Crippen LogP contribution in [-0.4, -0.2) is 18.9 Å². The molecule has 0 bridgehead atoms. The van der Waals surface area contributed by atoms with E-state index in [1.807, 2.05) is 0 Å². The van der Waals surface area contributed by atoms with Crippen LogP contribution in [0.25, 0.3) is 0 Å². The highest BCUT2D eigenvalue weighted by Gasteiger charge is 2.40. The van der Waals surface area contributed by atoms with E-state index in [1.54, 1.807) is 0 Å². The molecule has 2 nitrogen and oxygen atoms in total. The van der Waals surface area contributed by atoms with E-state index in [-0.39, 0.29) is 5.72 Å². The highest BCUT2D eigenvalue weighted by Crippen LogP contribution is 2.38. The van der Waals surface area contributed by atoms with E-state index >= 15 is 0 Å². The van der Waals surface area contributed by atoms with Crippen molar-refractivity contribution in [3.63, 3.8) is 0 Å². The van der Waals surface area contributed by atoms with Gasteiger partial charge in [0.25, 0.3) is 0 Å². The highest BCUT2D eigenvalue weighted by atomic mass is 16.5. The Morgan fingerprint density at radius 3 is 2.92 bits per heavy atom. The van der Waals surface area contributed by atoms with Gasteiger partial charge in [-0.25, -0.2) is 0 Å². The molecule has 1 aliphatic carbocycles. The molecule has 0 radical (unpaired) electrons. The third-order valence-electron chi connectivity index (χ3n) is 3.62. The molecule has 13 heavy (non-hydrogen) atoms. The summed E-state index contributed by atoms with van der Waals surface area (Å²) in [4.78, 5) is 0. The molecule has 0 amide bonds. The van der Waals surface area contributed by atoms with Gasteiger partial charge in [0, 0.05) is 6.54 Å². The van der Waals surface area contributed by atoms with Crippen molar-refractivity contribution >= 4 is 0 Å². The molecular formula is C11H21NO. The maximum atomic E-state index is 5.85. The van der Waals surface area contributed by atoms with Crippen LogP contribution in [0.5, 0.6) is 0 Å². The Morgan fingerprint density at radius 2 is 2.31 bits per heavy atom. The fourth-order valence-corrected chi connectivity index (χ4v) is 2.71. The standard InChI is InChI=1S/C11H21NO/c1-9(2)10-4-3-5-11(8-10)12-6-7-13-11/h9-10,12H,3-8H2,1-2H3. The summed E-state index contributed by atoms with van der Waals surface area (Å²) < 4.78 is 5.85. The van der Waals surface area contributed by atoms with Crippen LogP contribution in [0.15, 0.2) is 0 Å². The summed E-state index contributed by atoms with van der Waals surface area (Å²) in [6.45, 7) is 6.62. The van der Waals surface area contributed by atoms with Gasteiger partial charge in [-0.05, 0) is 37.5 Å². The molecule has 1 saturated heterocycles. The fraction of sp³-hybridized carbons (Fsp3) is 1.00. The normalized spacial score (nSPS) is 40.4. The van der Waals surface area contributed by atoms with Gasteiger partial charge in [0.2, 0.25) is 0 Å². The lowest BCUT2D eigenvalue weighted by Gasteiger charge is -2.38. The first-order chi connectivity index (χ1) is 6.22. The Kier molecular flexibility index (Phi) is 2.61. The van der Waals surface area contributed by atoms with Crippen LogP contribution in [0.4, 0.5) is 0 Å². The third kappa shape index (κ3) is 1.89. The minimum Gasteiger partial charge on any atom is -0.359 e. The van der Waals surface area contributed by atoms with Crippen LogP contribution in [0.1, 0.15) is 39.5 Å². The second kappa shape index (κ2) is 3.58. The summed E-state index contributed by atoms with van der Waals surface area (Å²) in [5.74, 6) is 1.67. The van der Waals surface area contributed by atoms with Crippen molar-refractivity contribution in [1.29, 1.82) is 0 Å². The zero-order valence-corrected chi connectivity index (χ0v) is 8.81. The predicted molar refractivity (Wildman–Crippen MR) is 53.5 cm³/mol. The van der Waals surface area contributed by atoms with Crippen LogP contribution < -0.4 is 5.32 Å². The molecule has 1 N–H and O–H groups in total. The van der Waals surface area contributed by atoms with Crippen LogP contribution in [0.2, 0.25) is 0 Å². The van der Waals surface area contributed by atoms with Gasteiger partial charge in [0.15, 0.2) is 0 Å². The zero-order chi connectivity index (χ0) is 9.31. The number of nitrogens with one attached hydrogen (secondary N) is 1. The minimum absolute atomic E-state index is 0.0766. The Labute approximate surface area is 81.0 Å². The van der Waals surface area contributed by atoms with Crippen molar-refractivity contribution in [2.24, 2.45) is 11.8 Å². The summed E-state index contributed by atoms with van der Waals surface area (Å²) in [5, 5.41) is 3.53. The molecular weight excluding hydrogens is 162 g/mol. The SMILES string of the molecule is CC(C)C1CCCC2(C1)NCCO2. The Bertz CT molecular complexity index is 173. The summed E-state index contributed by atoms with van der Waals surface area (Å²) in [7, 11) is 0. The molecule has 2 fully saturated rings. The first-order valence-corrected chi connectivity index (χ1v) is 5.61. The molecule has 0 aromatic heterocycles. The number of ether oxygens (including phenoxy) is 1. The van der Waals surface area contributed by atoms with Gasteiger partial charge in [0.1, 0.15) is 5.72 Å². The Balaban J connectivity index is 1.98. The average Bonchev–Trinajstić information content (AvgIpc) is 2.53. The first-order valence-electron chi connectivity index (χ1n) is 5.61. The van der Waals surface area contributed by atoms with Crippen LogP contribution in [0, 0.1) is 11.8 Å². The van der Waals surface area contributed by atoms with Crippen molar-refractivity contribution in [3.8, 4) is 0 Å². The topological polar surface area (TPSA) is 21.3 Å². The van der Waals surface area contributed by atoms with E-state index in [4.69, 9.17) is 4.74 Å². The predicted octanol–water partition coefficient (Wildman–Crippen LogP) is 2.15. The van der Waals surface area contributed by atoms with Crippen molar-refractivity contribution in [1.82, 2.24) is 5.32 Å². The van der Waals surface area contributed by atoms with E-state index < -0.39 is 0 Å². The quantitative estimate of drug-likeness (QED) is 0.672. The number of hydrogen-bond acceptors (Lipinski definition) is 2. The minimum atomic E-state index is 0.0766. The third-order valence-corrected chi connectivity index (χ3v) is 3.62. The van der Waals surface area contributed by atoms with Crippen LogP contribution >= 0.6 is 0 Å². The van der Waals surface area contributed by atoms with Gasteiger partial charge in [0.05, 0.1) is 6.61 Å². The molecule has 1 spiro atoms. The summed E-state index contributed by atoms with van der Waals surface area (Å²) in [5.41, 5.74) is 0.0766. The van der Waals surface area contributed by atoms with Gasteiger partial charge in [-0.15, -0.1) is 0 Å². The maximum Gasteiger partial charge on any atom is 0.119 e. The molecule has 2 heteroatoms. The summed E-state index contributed by atoms with van der Waals surface area (Å²) in [6.07, 6.45) is 5.17. The van der Waals surface area contributed by atoms with Crippen molar-refractivity contribution in [3.05, 3.63) is 0 Å². The summed E-state index contributed by atoms with van der Waals surface area (Å²) in [6, 6.07) is 0. The number of hydrogen-bond donors (Lipinski definition) is 1. The fourth-order valence-electron chi connectivity index (χ4n) is 2.71. The molecule has 1 aliphatic heterocycles. The van der Waals surface area contributed by atoms with Crippen molar-refractivity contribution < 1.29 is 4.74 Å². The average molecular weight is 183 g/mol.